The summed E-state index contributed by atoms with van der Waals surface area (Å²) < 4.78 is 0. The van der Waals surface area contributed by atoms with Crippen molar-refractivity contribution in [2.45, 2.75) is 25.5 Å². The molecule has 94 valence electrons. The minimum absolute atomic E-state index is 0.105. The first-order valence-electron chi connectivity index (χ1n) is 5.62. The second-order valence-electron chi connectivity index (χ2n) is 4.53. The first kappa shape index (κ1) is 12.1. The zero-order valence-corrected chi connectivity index (χ0v) is 9.64. The number of aliphatic carboxylic acids is 1. The van der Waals surface area contributed by atoms with E-state index < -0.39 is 18.1 Å². The topological polar surface area (TPSA) is 89.9 Å². The predicted molar refractivity (Wildman–Crippen MR) is 59.3 cm³/mol. The van der Waals surface area contributed by atoms with Crippen molar-refractivity contribution < 1.29 is 19.8 Å². The molecule has 3 N–H and O–H groups in total. The summed E-state index contributed by atoms with van der Waals surface area (Å²) in [7, 11) is 0. The number of likely N-dealkylation sites (tertiary alicyclic amines) is 1. The fourth-order valence-corrected chi connectivity index (χ4v) is 2.15. The van der Waals surface area contributed by atoms with Crippen molar-refractivity contribution in [3.05, 3.63) is 11.1 Å². The van der Waals surface area contributed by atoms with Crippen molar-refractivity contribution in [3.63, 3.8) is 0 Å². The van der Waals surface area contributed by atoms with Gasteiger partial charge in [-0.3, -0.25) is 4.79 Å². The zero-order valence-electron chi connectivity index (χ0n) is 9.64. The van der Waals surface area contributed by atoms with Crippen LogP contribution < -0.4 is 5.32 Å². The number of rotatable bonds is 2. The Bertz CT molecular complexity index is 385. The lowest BCUT2D eigenvalue weighted by atomic mass is 10.0. The highest BCUT2D eigenvalue weighted by Gasteiger charge is 2.39. The van der Waals surface area contributed by atoms with Crippen LogP contribution in [0.5, 0.6) is 0 Å². The van der Waals surface area contributed by atoms with Gasteiger partial charge in [0.15, 0.2) is 0 Å². The largest absolute Gasteiger partial charge is 0.480 e. The third-order valence-electron chi connectivity index (χ3n) is 3.35. The molecular weight excluding hydrogens is 224 g/mol. The quantitative estimate of drug-likeness (QED) is 0.536. The minimum Gasteiger partial charge on any atom is -0.480 e. The van der Waals surface area contributed by atoms with Gasteiger partial charge < -0.3 is 20.4 Å². The smallest absolute Gasteiger partial charge is 0.326 e. The Labute approximate surface area is 98.9 Å². The fraction of sp³-hybridized carbons (Fsp3) is 0.636. The van der Waals surface area contributed by atoms with Crippen LogP contribution >= 0.6 is 0 Å². The molecule has 6 heteroatoms. The average Bonchev–Trinajstić information content (AvgIpc) is 2.56. The normalized spacial score (nSPS) is 27.9. The van der Waals surface area contributed by atoms with Gasteiger partial charge in [0.2, 0.25) is 5.91 Å². The number of amides is 1. The Morgan fingerprint density at radius 1 is 1.41 bits per heavy atom. The number of β-amino-alcohol motifs (C(OH)–C–C–N with tert-alkyl or cyclic N) is 1. The first-order valence-corrected chi connectivity index (χ1v) is 5.62. The number of nitrogens with one attached hydrogen (secondary N) is 1. The molecule has 2 aliphatic heterocycles. The standard InChI is InChI=1S/C11H16N2O4/c1-6(7-3-12-4-7)10(15)13-5-8(14)2-9(13)11(16)17/h8-9,12,14H,2-5H2,1H3,(H,16,17)/t8-,9-/m0/s1. The van der Waals surface area contributed by atoms with E-state index in [2.05, 4.69) is 5.32 Å². The van der Waals surface area contributed by atoms with Crippen LogP contribution in [-0.4, -0.2) is 58.8 Å². The molecule has 2 rings (SSSR count). The molecule has 6 nitrogen and oxygen atoms in total. The molecule has 2 heterocycles. The molecule has 2 atom stereocenters. The van der Waals surface area contributed by atoms with Crippen LogP contribution in [-0.2, 0) is 9.59 Å². The maximum Gasteiger partial charge on any atom is 0.326 e. The number of carbonyl (C=O) groups excluding carboxylic acids is 1. The van der Waals surface area contributed by atoms with Gasteiger partial charge in [0.25, 0.3) is 0 Å². The van der Waals surface area contributed by atoms with Gasteiger partial charge in [0, 0.05) is 31.6 Å². The Morgan fingerprint density at radius 2 is 2.06 bits per heavy atom. The van der Waals surface area contributed by atoms with Crippen molar-refractivity contribution in [1.29, 1.82) is 0 Å². The molecule has 0 aliphatic carbocycles. The Balaban J connectivity index is 2.15. The lowest BCUT2D eigenvalue weighted by Crippen LogP contribution is -2.43. The van der Waals surface area contributed by atoms with Crippen LogP contribution in [0.15, 0.2) is 11.1 Å². The Hall–Kier alpha value is -1.40. The first-order chi connectivity index (χ1) is 8.00. The lowest BCUT2D eigenvalue weighted by molar-refractivity contribution is -0.146. The summed E-state index contributed by atoms with van der Waals surface area (Å²) in [5, 5.41) is 21.5. The van der Waals surface area contributed by atoms with Crippen molar-refractivity contribution in [3.8, 4) is 0 Å². The molecule has 0 aromatic rings. The van der Waals surface area contributed by atoms with E-state index in [-0.39, 0.29) is 18.9 Å². The third kappa shape index (κ3) is 2.18. The maximum atomic E-state index is 12.1. The van der Waals surface area contributed by atoms with Crippen LogP contribution in [0, 0.1) is 0 Å². The summed E-state index contributed by atoms with van der Waals surface area (Å²) in [6, 6.07) is -0.902. The molecule has 0 spiro atoms. The number of aliphatic hydroxyl groups excluding tert-OH is 1. The molecule has 0 saturated carbocycles. The number of aliphatic hydroxyl groups is 1. The van der Waals surface area contributed by atoms with Gasteiger partial charge in [-0.2, -0.15) is 0 Å². The number of carboxylic acids is 1. The van der Waals surface area contributed by atoms with E-state index in [0.717, 1.165) is 5.57 Å². The van der Waals surface area contributed by atoms with Crippen LogP contribution in [0.4, 0.5) is 0 Å². The highest BCUT2D eigenvalue weighted by Crippen LogP contribution is 2.22. The number of carbonyl (C=O) groups is 2. The molecule has 0 aromatic carbocycles. The van der Waals surface area contributed by atoms with Crippen molar-refractivity contribution in [1.82, 2.24) is 10.2 Å². The van der Waals surface area contributed by atoms with E-state index in [4.69, 9.17) is 5.11 Å². The Morgan fingerprint density at radius 3 is 2.53 bits per heavy atom. The van der Waals surface area contributed by atoms with Gasteiger partial charge in [-0.05, 0) is 12.5 Å². The summed E-state index contributed by atoms with van der Waals surface area (Å²) in [6.07, 6.45) is -0.626. The molecule has 2 aliphatic rings. The monoisotopic (exact) mass is 240 g/mol. The fourth-order valence-electron chi connectivity index (χ4n) is 2.15. The van der Waals surface area contributed by atoms with Crippen LogP contribution in [0.2, 0.25) is 0 Å². The van der Waals surface area contributed by atoms with E-state index >= 15 is 0 Å². The average molecular weight is 240 g/mol. The molecule has 17 heavy (non-hydrogen) atoms. The van der Waals surface area contributed by atoms with Gasteiger partial charge in [-0.25, -0.2) is 4.79 Å². The maximum absolute atomic E-state index is 12.1. The van der Waals surface area contributed by atoms with Gasteiger partial charge in [-0.15, -0.1) is 0 Å². The van der Waals surface area contributed by atoms with E-state index in [9.17, 15) is 14.7 Å². The van der Waals surface area contributed by atoms with Crippen molar-refractivity contribution in [2.24, 2.45) is 0 Å². The SMILES string of the molecule is CC(C(=O)N1C[C@@H](O)C[C@H]1C(=O)O)=C1CNC1. The number of carboxylic acid groups (broad SMARTS) is 1. The van der Waals surface area contributed by atoms with Gasteiger partial charge in [0.05, 0.1) is 6.10 Å². The molecule has 0 unspecified atom stereocenters. The van der Waals surface area contributed by atoms with Crippen LogP contribution in [0.1, 0.15) is 13.3 Å². The molecule has 2 fully saturated rings. The summed E-state index contributed by atoms with van der Waals surface area (Å²) >= 11 is 0. The van der Waals surface area contributed by atoms with Gasteiger partial charge in [-0.1, -0.05) is 0 Å². The molecule has 1 amide bonds. The van der Waals surface area contributed by atoms with E-state index in [1.54, 1.807) is 6.92 Å². The van der Waals surface area contributed by atoms with Crippen LogP contribution in [0.3, 0.4) is 0 Å². The number of hydrogen-bond acceptors (Lipinski definition) is 4. The molecule has 2 saturated heterocycles. The van der Waals surface area contributed by atoms with Crippen LogP contribution in [0.25, 0.3) is 0 Å². The van der Waals surface area contributed by atoms with E-state index in [1.165, 1.54) is 4.90 Å². The highest BCUT2D eigenvalue weighted by atomic mass is 16.4. The van der Waals surface area contributed by atoms with Gasteiger partial charge in [0.1, 0.15) is 6.04 Å². The molecular formula is C11H16N2O4. The zero-order chi connectivity index (χ0) is 12.6. The summed E-state index contributed by atoms with van der Waals surface area (Å²) in [5.74, 6) is -1.33. The Kier molecular flexibility index (Phi) is 3.17. The summed E-state index contributed by atoms with van der Waals surface area (Å²) in [4.78, 5) is 24.4. The molecule has 0 radical (unpaired) electrons. The summed E-state index contributed by atoms with van der Waals surface area (Å²) in [6.45, 7) is 3.19. The van der Waals surface area contributed by atoms with Crippen molar-refractivity contribution >= 4 is 11.9 Å². The second-order valence-corrected chi connectivity index (χ2v) is 4.53. The molecule has 0 bridgehead atoms. The number of nitrogens with zero attached hydrogens (tertiary/aromatic N) is 1. The van der Waals surface area contributed by atoms with Gasteiger partial charge >= 0.3 is 5.97 Å². The van der Waals surface area contributed by atoms with Crippen molar-refractivity contribution in [2.75, 3.05) is 19.6 Å². The molecule has 0 aromatic heterocycles. The highest BCUT2D eigenvalue weighted by molar-refractivity contribution is 5.96. The number of hydrogen-bond donors (Lipinski definition) is 3. The predicted octanol–water partition coefficient (Wildman–Crippen LogP) is -1.05. The summed E-state index contributed by atoms with van der Waals surface area (Å²) in [5.41, 5.74) is 1.62. The lowest BCUT2D eigenvalue weighted by Gasteiger charge is -2.26. The third-order valence-corrected chi connectivity index (χ3v) is 3.35. The van der Waals surface area contributed by atoms with E-state index in [1.807, 2.05) is 0 Å². The second kappa shape index (κ2) is 4.46. The minimum atomic E-state index is -1.06. The van der Waals surface area contributed by atoms with E-state index in [0.29, 0.717) is 18.7 Å².